The summed E-state index contributed by atoms with van der Waals surface area (Å²) in [5.74, 6) is 0.265. The average molecular weight is 260 g/mol. The van der Waals surface area contributed by atoms with Gasteiger partial charge in [0.1, 0.15) is 5.75 Å². The van der Waals surface area contributed by atoms with Crippen LogP contribution >= 0.6 is 0 Å². The van der Waals surface area contributed by atoms with Crippen molar-refractivity contribution in [3.63, 3.8) is 0 Å². The van der Waals surface area contributed by atoms with E-state index in [0.29, 0.717) is 0 Å². The molecule has 0 radical (unpaired) electrons. The first-order valence-corrected chi connectivity index (χ1v) is 6.48. The van der Waals surface area contributed by atoms with Gasteiger partial charge in [0.2, 0.25) is 0 Å². The number of hydrogen-bond donors (Lipinski definition) is 1. The van der Waals surface area contributed by atoms with Crippen LogP contribution in [-0.2, 0) is 0 Å². The van der Waals surface area contributed by atoms with Crippen molar-refractivity contribution in [2.75, 3.05) is 0 Å². The molecule has 4 aromatic rings. The van der Waals surface area contributed by atoms with Crippen LogP contribution in [0.25, 0.3) is 27.8 Å². The van der Waals surface area contributed by atoms with Gasteiger partial charge in [-0.1, -0.05) is 12.1 Å². The minimum absolute atomic E-state index is 0.265. The van der Waals surface area contributed by atoms with Crippen LogP contribution in [0.15, 0.2) is 66.9 Å². The molecular weight excluding hydrogens is 248 g/mol. The van der Waals surface area contributed by atoms with Gasteiger partial charge in [-0.25, -0.2) is 4.98 Å². The van der Waals surface area contributed by atoms with E-state index < -0.39 is 0 Å². The fourth-order valence-corrected chi connectivity index (χ4v) is 2.56. The molecule has 0 aliphatic carbocycles. The molecule has 0 aliphatic heterocycles. The lowest BCUT2D eigenvalue weighted by Crippen LogP contribution is -1.94. The highest BCUT2D eigenvalue weighted by Crippen LogP contribution is 2.28. The Hall–Kier alpha value is -2.81. The summed E-state index contributed by atoms with van der Waals surface area (Å²) in [5, 5.41) is 9.42. The zero-order chi connectivity index (χ0) is 13.5. The predicted octanol–water partition coefficient (Wildman–Crippen LogP) is 3.86. The lowest BCUT2D eigenvalue weighted by Gasteiger charge is -2.08. The zero-order valence-corrected chi connectivity index (χ0v) is 10.7. The number of rotatable bonds is 1. The van der Waals surface area contributed by atoms with Crippen molar-refractivity contribution in [1.29, 1.82) is 0 Å². The van der Waals surface area contributed by atoms with Crippen molar-refractivity contribution in [1.82, 2.24) is 9.38 Å². The smallest absolute Gasteiger partial charge is 0.115 e. The number of benzene rings is 2. The number of para-hydroxylation sites is 2. The summed E-state index contributed by atoms with van der Waals surface area (Å²) >= 11 is 0. The van der Waals surface area contributed by atoms with Gasteiger partial charge in [-0.2, -0.15) is 0 Å². The van der Waals surface area contributed by atoms with E-state index in [0.717, 1.165) is 27.8 Å². The van der Waals surface area contributed by atoms with Gasteiger partial charge in [-0.3, -0.25) is 0 Å². The molecule has 0 atom stereocenters. The number of hydrogen-bond acceptors (Lipinski definition) is 2. The molecule has 2 aromatic heterocycles. The summed E-state index contributed by atoms with van der Waals surface area (Å²) in [6, 6.07) is 19.3. The van der Waals surface area contributed by atoms with Gasteiger partial charge in [-0.05, 0) is 48.5 Å². The quantitative estimate of drug-likeness (QED) is 0.564. The summed E-state index contributed by atoms with van der Waals surface area (Å²) in [6.07, 6.45) is 2.04. The monoisotopic (exact) mass is 260 g/mol. The van der Waals surface area contributed by atoms with Gasteiger partial charge >= 0.3 is 0 Å². The number of aromatic hydroxyl groups is 1. The topological polar surface area (TPSA) is 37.5 Å². The van der Waals surface area contributed by atoms with E-state index in [9.17, 15) is 5.11 Å². The van der Waals surface area contributed by atoms with E-state index >= 15 is 0 Å². The highest BCUT2D eigenvalue weighted by Gasteiger charge is 2.09. The Morgan fingerprint density at radius 2 is 1.55 bits per heavy atom. The lowest BCUT2D eigenvalue weighted by atomic mass is 10.1. The number of aromatic nitrogens is 2. The zero-order valence-electron chi connectivity index (χ0n) is 10.7. The Kier molecular flexibility index (Phi) is 2.27. The Morgan fingerprint density at radius 1 is 0.800 bits per heavy atom. The molecular formula is C17H12N2O. The first-order valence-electron chi connectivity index (χ1n) is 6.48. The fraction of sp³-hybridized carbons (Fsp3) is 0. The molecule has 4 rings (SSSR count). The molecule has 0 saturated heterocycles. The van der Waals surface area contributed by atoms with E-state index in [1.165, 1.54) is 0 Å². The largest absolute Gasteiger partial charge is 0.508 e. The maximum atomic E-state index is 9.42. The Bertz CT molecular complexity index is 907. The maximum Gasteiger partial charge on any atom is 0.115 e. The van der Waals surface area contributed by atoms with Crippen LogP contribution in [0, 0.1) is 0 Å². The van der Waals surface area contributed by atoms with E-state index in [1.807, 2.05) is 42.6 Å². The minimum atomic E-state index is 0.265. The Morgan fingerprint density at radius 3 is 2.40 bits per heavy atom. The molecule has 96 valence electrons. The first-order chi connectivity index (χ1) is 9.83. The molecule has 3 nitrogen and oxygen atoms in total. The van der Waals surface area contributed by atoms with Gasteiger partial charge in [0.25, 0.3) is 0 Å². The highest BCUT2D eigenvalue weighted by atomic mass is 16.3. The van der Waals surface area contributed by atoms with Crippen LogP contribution in [-0.4, -0.2) is 14.5 Å². The molecule has 0 bridgehead atoms. The standard InChI is InChI=1S/C17H12N2O/c20-13-9-7-12(8-10-13)17-16-6-3-11-19(16)15-5-2-1-4-14(15)18-17/h1-11,20H. The predicted molar refractivity (Wildman–Crippen MR) is 79.8 cm³/mol. The fourth-order valence-electron chi connectivity index (χ4n) is 2.56. The number of phenolic OH excluding ortho intramolecular Hbond substituents is 1. The maximum absolute atomic E-state index is 9.42. The summed E-state index contributed by atoms with van der Waals surface area (Å²) in [7, 11) is 0. The van der Waals surface area contributed by atoms with Crippen LogP contribution in [0.5, 0.6) is 5.75 Å². The second kappa shape index (κ2) is 4.10. The molecule has 0 fully saturated rings. The molecule has 0 unspecified atom stereocenters. The van der Waals surface area contributed by atoms with Crippen LogP contribution in [0.4, 0.5) is 0 Å². The summed E-state index contributed by atoms with van der Waals surface area (Å²) in [6.45, 7) is 0. The normalized spacial score (nSPS) is 11.2. The van der Waals surface area contributed by atoms with Gasteiger partial charge in [0, 0.05) is 11.8 Å². The van der Waals surface area contributed by atoms with Crippen LogP contribution in [0.1, 0.15) is 0 Å². The summed E-state index contributed by atoms with van der Waals surface area (Å²) < 4.78 is 2.14. The second-order valence-electron chi connectivity index (χ2n) is 4.76. The van der Waals surface area contributed by atoms with Crippen molar-refractivity contribution in [3.05, 3.63) is 66.9 Å². The van der Waals surface area contributed by atoms with Crippen LogP contribution in [0.2, 0.25) is 0 Å². The molecule has 0 amide bonds. The molecule has 2 aromatic carbocycles. The summed E-state index contributed by atoms with van der Waals surface area (Å²) in [4.78, 5) is 4.77. The second-order valence-corrected chi connectivity index (χ2v) is 4.76. The van der Waals surface area contributed by atoms with Gasteiger partial charge < -0.3 is 9.51 Å². The molecule has 0 aliphatic rings. The van der Waals surface area contributed by atoms with E-state index in [1.54, 1.807) is 12.1 Å². The van der Waals surface area contributed by atoms with Crippen LogP contribution in [0.3, 0.4) is 0 Å². The number of nitrogens with zero attached hydrogens (tertiary/aromatic N) is 2. The van der Waals surface area contributed by atoms with Crippen molar-refractivity contribution in [2.45, 2.75) is 0 Å². The Labute approximate surface area is 115 Å². The van der Waals surface area contributed by atoms with Crippen molar-refractivity contribution >= 4 is 16.6 Å². The van der Waals surface area contributed by atoms with Gasteiger partial charge in [0.15, 0.2) is 0 Å². The van der Waals surface area contributed by atoms with Crippen molar-refractivity contribution in [2.24, 2.45) is 0 Å². The van der Waals surface area contributed by atoms with E-state index in [4.69, 9.17) is 4.98 Å². The first kappa shape index (κ1) is 11.1. The number of phenols is 1. The van der Waals surface area contributed by atoms with E-state index in [2.05, 4.69) is 16.5 Å². The molecule has 0 saturated carbocycles. The average Bonchev–Trinajstić information content (AvgIpc) is 2.97. The van der Waals surface area contributed by atoms with Gasteiger partial charge in [-0.15, -0.1) is 0 Å². The van der Waals surface area contributed by atoms with Gasteiger partial charge in [0.05, 0.1) is 22.2 Å². The third-order valence-corrected chi connectivity index (χ3v) is 3.51. The van der Waals surface area contributed by atoms with E-state index in [-0.39, 0.29) is 5.75 Å². The Balaban J connectivity index is 2.11. The lowest BCUT2D eigenvalue weighted by molar-refractivity contribution is 0.475. The molecule has 1 N–H and O–H groups in total. The van der Waals surface area contributed by atoms with Crippen molar-refractivity contribution < 1.29 is 5.11 Å². The molecule has 20 heavy (non-hydrogen) atoms. The van der Waals surface area contributed by atoms with Crippen LogP contribution < -0.4 is 0 Å². The molecule has 3 heteroatoms. The third kappa shape index (κ3) is 1.57. The molecule has 2 heterocycles. The minimum Gasteiger partial charge on any atom is -0.508 e. The molecule has 0 spiro atoms. The number of fused-ring (bicyclic) bond motifs is 3. The summed E-state index contributed by atoms with van der Waals surface area (Å²) in [5.41, 5.74) is 5.04. The van der Waals surface area contributed by atoms with Crippen molar-refractivity contribution in [3.8, 4) is 17.0 Å². The third-order valence-electron chi connectivity index (χ3n) is 3.51. The SMILES string of the molecule is Oc1ccc(-c2nc3ccccc3n3cccc23)cc1. The highest BCUT2D eigenvalue weighted by molar-refractivity contribution is 5.87.